The third kappa shape index (κ3) is 2.31. The monoisotopic (exact) mass is 274 g/mol. The molecule has 1 unspecified atom stereocenters. The van der Waals surface area contributed by atoms with Crippen molar-refractivity contribution >= 4 is 10.0 Å². The maximum Gasteiger partial charge on any atom is 0.216 e. The van der Waals surface area contributed by atoms with Gasteiger partial charge in [0.1, 0.15) is 0 Å². The highest BCUT2D eigenvalue weighted by Gasteiger charge is 2.45. The molecule has 3 rings (SSSR count). The molecule has 2 saturated heterocycles. The van der Waals surface area contributed by atoms with Crippen LogP contribution in [0.1, 0.15) is 32.6 Å². The van der Waals surface area contributed by atoms with E-state index in [9.17, 15) is 8.42 Å². The molecular weight excluding hydrogens is 252 g/mol. The van der Waals surface area contributed by atoms with Gasteiger partial charge in [0.05, 0.1) is 17.0 Å². The molecule has 0 radical (unpaired) electrons. The van der Waals surface area contributed by atoms with E-state index in [-0.39, 0.29) is 17.0 Å². The van der Waals surface area contributed by atoms with Gasteiger partial charge in [0.15, 0.2) is 0 Å². The van der Waals surface area contributed by atoms with E-state index in [0.717, 1.165) is 38.8 Å². The van der Waals surface area contributed by atoms with Crippen molar-refractivity contribution < 1.29 is 13.2 Å². The first kappa shape index (κ1) is 12.8. The Morgan fingerprint density at radius 3 is 2.50 bits per heavy atom. The summed E-state index contributed by atoms with van der Waals surface area (Å²) in [6, 6.07) is 0. The van der Waals surface area contributed by atoms with E-state index in [1.807, 2.05) is 0 Å². The summed E-state index contributed by atoms with van der Waals surface area (Å²) in [7, 11) is -3.00. The molecule has 2 aliphatic heterocycles. The average Bonchev–Trinajstić information content (AvgIpc) is 3.13. The standard InChI is InChI=1S/C12H22N2O3S/c1-10-8-13-9-12(17-10)4-6-14(7-5-12)18(15,16)11-2-3-11/h10-11,13H,2-9H2,1H3. The fourth-order valence-corrected chi connectivity index (χ4v) is 4.88. The Morgan fingerprint density at radius 2 is 1.94 bits per heavy atom. The fourth-order valence-electron chi connectivity index (χ4n) is 3.03. The Balaban J connectivity index is 1.64. The van der Waals surface area contributed by atoms with Crippen LogP contribution in [0, 0.1) is 0 Å². The number of sulfonamides is 1. The zero-order chi connectivity index (χ0) is 12.8. The number of nitrogens with zero attached hydrogens (tertiary/aromatic N) is 1. The number of piperidine rings is 1. The van der Waals surface area contributed by atoms with Crippen LogP contribution in [0.15, 0.2) is 0 Å². The maximum atomic E-state index is 12.2. The van der Waals surface area contributed by atoms with Crippen LogP contribution in [0.2, 0.25) is 0 Å². The minimum Gasteiger partial charge on any atom is -0.369 e. The molecule has 1 aliphatic carbocycles. The molecule has 104 valence electrons. The average molecular weight is 274 g/mol. The Kier molecular flexibility index (Phi) is 3.17. The predicted molar refractivity (Wildman–Crippen MR) is 68.9 cm³/mol. The van der Waals surface area contributed by atoms with Crippen molar-refractivity contribution in [1.29, 1.82) is 0 Å². The van der Waals surface area contributed by atoms with Crippen molar-refractivity contribution in [2.75, 3.05) is 26.2 Å². The number of rotatable bonds is 2. The lowest BCUT2D eigenvalue weighted by atomic mass is 9.90. The Hall–Kier alpha value is -0.170. The molecule has 5 nitrogen and oxygen atoms in total. The van der Waals surface area contributed by atoms with Crippen molar-refractivity contribution in [2.24, 2.45) is 0 Å². The molecule has 18 heavy (non-hydrogen) atoms. The van der Waals surface area contributed by atoms with Gasteiger partial charge in [-0.25, -0.2) is 12.7 Å². The van der Waals surface area contributed by atoms with Gasteiger partial charge in [-0.2, -0.15) is 0 Å². The van der Waals surface area contributed by atoms with Crippen LogP contribution in [0.5, 0.6) is 0 Å². The lowest BCUT2D eigenvalue weighted by molar-refractivity contribution is -0.129. The number of nitrogens with one attached hydrogen (secondary N) is 1. The second kappa shape index (κ2) is 4.44. The molecule has 0 aromatic carbocycles. The zero-order valence-corrected chi connectivity index (χ0v) is 11.7. The predicted octanol–water partition coefficient (Wildman–Crippen LogP) is 0.322. The van der Waals surface area contributed by atoms with Crippen LogP contribution >= 0.6 is 0 Å². The molecule has 0 aromatic heterocycles. The summed E-state index contributed by atoms with van der Waals surface area (Å²) >= 11 is 0. The molecule has 0 amide bonds. The Bertz CT molecular complexity index is 411. The molecule has 0 bridgehead atoms. The highest BCUT2D eigenvalue weighted by atomic mass is 32.2. The minimum absolute atomic E-state index is 0.0872. The molecule has 1 N–H and O–H groups in total. The third-order valence-electron chi connectivity index (χ3n) is 4.27. The summed E-state index contributed by atoms with van der Waals surface area (Å²) in [5.41, 5.74) is -0.132. The van der Waals surface area contributed by atoms with E-state index in [1.165, 1.54) is 0 Å². The lowest BCUT2D eigenvalue weighted by Gasteiger charge is -2.45. The summed E-state index contributed by atoms with van der Waals surface area (Å²) in [6.07, 6.45) is 3.55. The number of ether oxygens (including phenoxy) is 1. The van der Waals surface area contributed by atoms with Crippen LogP contribution in [0.25, 0.3) is 0 Å². The normalized spacial score (nSPS) is 33.7. The van der Waals surface area contributed by atoms with E-state index in [0.29, 0.717) is 13.1 Å². The van der Waals surface area contributed by atoms with E-state index < -0.39 is 10.0 Å². The molecule has 1 spiro atoms. The van der Waals surface area contributed by atoms with E-state index in [2.05, 4.69) is 12.2 Å². The smallest absolute Gasteiger partial charge is 0.216 e. The minimum atomic E-state index is -3.00. The van der Waals surface area contributed by atoms with Gasteiger partial charge >= 0.3 is 0 Å². The Labute approximate surface area is 109 Å². The summed E-state index contributed by atoms with van der Waals surface area (Å²) in [4.78, 5) is 0. The van der Waals surface area contributed by atoms with Crippen LogP contribution in [-0.2, 0) is 14.8 Å². The molecule has 3 fully saturated rings. The third-order valence-corrected chi connectivity index (χ3v) is 6.67. The van der Waals surface area contributed by atoms with Crippen molar-refractivity contribution in [3.8, 4) is 0 Å². The highest BCUT2D eigenvalue weighted by molar-refractivity contribution is 7.90. The molecule has 1 saturated carbocycles. The first-order valence-corrected chi connectivity index (χ1v) is 8.40. The number of hydrogen-bond donors (Lipinski definition) is 1. The highest BCUT2D eigenvalue weighted by Crippen LogP contribution is 2.35. The van der Waals surface area contributed by atoms with Crippen LogP contribution in [-0.4, -0.2) is 55.9 Å². The topological polar surface area (TPSA) is 58.6 Å². The summed E-state index contributed by atoms with van der Waals surface area (Å²) < 4.78 is 32.1. The lowest BCUT2D eigenvalue weighted by Crippen LogP contribution is -2.58. The van der Waals surface area contributed by atoms with E-state index in [1.54, 1.807) is 4.31 Å². The molecule has 3 aliphatic rings. The van der Waals surface area contributed by atoms with Crippen molar-refractivity contribution in [2.45, 2.75) is 49.6 Å². The van der Waals surface area contributed by atoms with Crippen LogP contribution in [0.3, 0.4) is 0 Å². The molecular formula is C12H22N2O3S. The summed E-state index contributed by atoms with van der Waals surface area (Å²) in [5, 5.41) is 3.30. The van der Waals surface area contributed by atoms with Gasteiger partial charge in [-0.3, -0.25) is 0 Å². The van der Waals surface area contributed by atoms with Crippen molar-refractivity contribution in [3.63, 3.8) is 0 Å². The second-order valence-electron chi connectivity index (χ2n) is 5.89. The largest absolute Gasteiger partial charge is 0.369 e. The van der Waals surface area contributed by atoms with Gasteiger partial charge in [-0.1, -0.05) is 0 Å². The fraction of sp³-hybridized carbons (Fsp3) is 1.00. The van der Waals surface area contributed by atoms with E-state index >= 15 is 0 Å². The number of morpholine rings is 1. The first-order valence-electron chi connectivity index (χ1n) is 6.89. The zero-order valence-electron chi connectivity index (χ0n) is 10.9. The van der Waals surface area contributed by atoms with Crippen LogP contribution < -0.4 is 5.32 Å². The molecule has 1 atom stereocenters. The van der Waals surface area contributed by atoms with E-state index in [4.69, 9.17) is 4.74 Å². The Morgan fingerprint density at radius 1 is 1.28 bits per heavy atom. The van der Waals surface area contributed by atoms with Crippen molar-refractivity contribution in [3.05, 3.63) is 0 Å². The van der Waals surface area contributed by atoms with Gasteiger partial charge in [0.2, 0.25) is 10.0 Å². The van der Waals surface area contributed by atoms with Gasteiger partial charge in [0.25, 0.3) is 0 Å². The van der Waals surface area contributed by atoms with Crippen molar-refractivity contribution in [1.82, 2.24) is 9.62 Å². The second-order valence-corrected chi connectivity index (χ2v) is 8.10. The number of hydrogen-bond acceptors (Lipinski definition) is 4. The first-order chi connectivity index (χ1) is 8.52. The molecule has 6 heteroatoms. The van der Waals surface area contributed by atoms with Gasteiger partial charge in [0, 0.05) is 26.2 Å². The SMILES string of the molecule is CC1CNCC2(CCN(S(=O)(=O)C3CC3)CC2)O1. The van der Waals surface area contributed by atoms with Gasteiger partial charge in [-0.15, -0.1) is 0 Å². The molecule has 0 aromatic rings. The van der Waals surface area contributed by atoms with Crippen LogP contribution in [0.4, 0.5) is 0 Å². The quantitative estimate of drug-likeness (QED) is 0.788. The summed E-state index contributed by atoms with van der Waals surface area (Å²) in [6.45, 7) is 5.06. The van der Waals surface area contributed by atoms with Gasteiger partial charge < -0.3 is 10.1 Å². The maximum absolute atomic E-state index is 12.2. The van der Waals surface area contributed by atoms with Gasteiger partial charge in [-0.05, 0) is 32.6 Å². The molecule has 2 heterocycles. The summed E-state index contributed by atoms with van der Waals surface area (Å²) in [5.74, 6) is 0.